The number of benzene rings is 3. The minimum absolute atomic E-state index is 0.0323. The molecule has 1 N–H and O–H groups in total. The molecule has 0 aliphatic rings. The van der Waals surface area contributed by atoms with Gasteiger partial charge in [0.05, 0.1) is 11.1 Å². The lowest BCUT2D eigenvalue weighted by atomic mass is 10.0. The van der Waals surface area contributed by atoms with Gasteiger partial charge in [0.15, 0.2) is 11.5 Å². The number of nitrogens with one attached hydrogen (secondary N) is 1. The minimum Gasteiger partial charge on any atom is -0.435 e. The summed E-state index contributed by atoms with van der Waals surface area (Å²) < 4.78 is 85.1. The molecule has 0 spiro atoms. The normalized spacial score (nSPS) is 11.9. The molecular formula is C27H21F6N3O2. The summed E-state index contributed by atoms with van der Waals surface area (Å²) in [7, 11) is 3.71. The van der Waals surface area contributed by atoms with E-state index in [1.807, 2.05) is 19.0 Å². The van der Waals surface area contributed by atoms with E-state index in [1.165, 1.54) is 0 Å². The summed E-state index contributed by atoms with van der Waals surface area (Å²) in [6.45, 7) is -0.599. The van der Waals surface area contributed by atoms with Crippen LogP contribution in [0.1, 0.15) is 27.2 Å². The Kier molecular flexibility index (Phi) is 7.21. The highest BCUT2D eigenvalue weighted by Gasteiger charge is 2.37. The lowest BCUT2D eigenvalue weighted by molar-refractivity contribution is -0.143. The Labute approximate surface area is 213 Å². The first-order valence-electron chi connectivity index (χ1n) is 11.2. The van der Waals surface area contributed by atoms with Gasteiger partial charge in [-0.3, -0.25) is 4.79 Å². The Bertz CT molecular complexity index is 1390. The van der Waals surface area contributed by atoms with Gasteiger partial charge < -0.3 is 14.6 Å². The number of anilines is 1. The van der Waals surface area contributed by atoms with E-state index in [2.05, 4.69) is 10.3 Å². The summed E-state index contributed by atoms with van der Waals surface area (Å²) in [5.41, 5.74) is -1.50. The van der Waals surface area contributed by atoms with Crippen molar-refractivity contribution in [3.8, 4) is 22.8 Å². The molecule has 1 aromatic heterocycles. The van der Waals surface area contributed by atoms with Gasteiger partial charge in [-0.15, -0.1) is 0 Å². The van der Waals surface area contributed by atoms with E-state index < -0.39 is 35.9 Å². The zero-order chi connectivity index (χ0) is 27.7. The minimum atomic E-state index is -5.00. The van der Waals surface area contributed by atoms with Crippen LogP contribution in [0.2, 0.25) is 0 Å². The molecule has 0 radical (unpaired) electrons. The number of carbonyl (C=O) groups excluding carboxylic acids is 1. The fourth-order valence-corrected chi connectivity index (χ4v) is 3.67. The highest BCUT2D eigenvalue weighted by molar-refractivity contribution is 5.98. The van der Waals surface area contributed by atoms with Crippen molar-refractivity contribution < 1.29 is 35.6 Å². The number of alkyl halides is 6. The molecule has 0 saturated heterocycles. The van der Waals surface area contributed by atoms with E-state index >= 15 is 0 Å². The molecule has 0 fully saturated rings. The Morgan fingerprint density at radius 1 is 0.842 bits per heavy atom. The molecule has 0 aliphatic carbocycles. The highest BCUT2D eigenvalue weighted by Crippen LogP contribution is 2.36. The molecule has 1 amide bonds. The molecule has 11 heteroatoms. The average molecular weight is 533 g/mol. The first kappa shape index (κ1) is 26.8. The summed E-state index contributed by atoms with van der Waals surface area (Å²) in [5.74, 6) is -0.596. The van der Waals surface area contributed by atoms with Crippen LogP contribution < -0.4 is 10.2 Å². The van der Waals surface area contributed by atoms with Crippen LogP contribution in [0.3, 0.4) is 0 Å². The quantitative estimate of drug-likeness (QED) is 0.270. The van der Waals surface area contributed by atoms with Crippen LogP contribution in [0.25, 0.3) is 22.8 Å². The fourth-order valence-electron chi connectivity index (χ4n) is 3.67. The lowest BCUT2D eigenvalue weighted by Crippen LogP contribution is -2.24. The molecule has 5 nitrogen and oxygen atoms in total. The standard InChI is InChI=1S/C27H21F6N3O2/c1-36(2)21-10-8-17(9-11-21)23-22(35-25(38-23)18-6-4-3-5-7-18)24(37)34-15-16-12-19(26(28,29)30)14-20(13-16)27(31,32)33/h3-14H,15H2,1-2H3,(H,34,37). The first-order chi connectivity index (χ1) is 17.8. The van der Waals surface area contributed by atoms with Gasteiger partial charge >= 0.3 is 12.4 Å². The van der Waals surface area contributed by atoms with Crippen molar-refractivity contribution in [1.29, 1.82) is 0 Å². The van der Waals surface area contributed by atoms with E-state index in [1.54, 1.807) is 54.6 Å². The molecule has 0 aliphatic heterocycles. The Hall–Kier alpha value is -4.28. The summed E-state index contributed by atoms with van der Waals surface area (Å²) >= 11 is 0. The molecule has 38 heavy (non-hydrogen) atoms. The van der Waals surface area contributed by atoms with Crippen LogP contribution in [0.5, 0.6) is 0 Å². The van der Waals surface area contributed by atoms with Gasteiger partial charge in [0, 0.05) is 37.5 Å². The van der Waals surface area contributed by atoms with Crippen molar-refractivity contribution in [2.45, 2.75) is 18.9 Å². The van der Waals surface area contributed by atoms with Gasteiger partial charge in [0.1, 0.15) is 0 Å². The maximum absolute atomic E-state index is 13.2. The van der Waals surface area contributed by atoms with Crippen molar-refractivity contribution >= 4 is 11.6 Å². The van der Waals surface area contributed by atoms with Crippen LogP contribution in [0.4, 0.5) is 32.0 Å². The van der Waals surface area contributed by atoms with Crippen molar-refractivity contribution in [2.24, 2.45) is 0 Å². The van der Waals surface area contributed by atoms with E-state index in [0.717, 1.165) is 5.69 Å². The molecule has 0 saturated carbocycles. The molecule has 4 aromatic rings. The molecule has 1 heterocycles. The van der Waals surface area contributed by atoms with E-state index in [9.17, 15) is 31.1 Å². The van der Waals surface area contributed by atoms with Crippen LogP contribution >= 0.6 is 0 Å². The SMILES string of the molecule is CN(C)c1ccc(-c2oc(-c3ccccc3)nc2C(=O)NCc2cc(C(F)(F)F)cc(C(F)(F)F)c2)cc1. The maximum atomic E-state index is 13.2. The second kappa shape index (κ2) is 10.2. The summed E-state index contributed by atoms with van der Waals surface area (Å²) in [5, 5.41) is 2.37. The zero-order valence-corrected chi connectivity index (χ0v) is 20.1. The summed E-state index contributed by atoms with van der Waals surface area (Å²) in [6.07, 6.45) is -9.99. The third-order valence-electron chi connectivity index (χ3n) is 5.61. The van der Waals surface area contributed by atoms with Gasteiger partial charge in [-0.2, -0.15) is 26.3 Å². The van der Waals surface area contributed by atoms with Gasteiger partial charge in [0.25, 0.3) is 5.91 Å². The summed E-state index contributed by atoms with van der Waals surface area (Å²) in [6, 6.07) is 16.9. The number of carbonyl (C=O) groups is 1. The van der Waals surface area contributed by atoms with Crippen molar-refractivity contribution in [2.75, 3.05) is 19.0 Å². The topological polar surface area (TPSA) is 58.4 Å². The Balaban J connectivity index is 1.68. The summed E-state index contributed by atoms with van der Waals surface area (Å²) in [4.78, 5) is 19.3. The average Bonchev–Trinajstić information content (AvgIpc) is 3.32. The van der Waals surface area contributed by atoms with Crippen LogP contribution in [-0.2, 0) is 18.9 Å². The van der Waals surface area contributed by atoms with Gasteiger partial charge in [-0.25, -0.2) is 4.98 Å². The zero-order valence-electron chi connectivity index (χ0n) is 20.1. The maximum Gasteiger partial charge on any atom is 0.416 e. The van der Waals surface area contributed by atoms with Gasteiger partial charge in [-0.05, 0) is 60.2 Å². The van der Waals surface area contributed by atoms with Crippen LogP contribution in [-0.4, -0.2) is 25.0 Å². The van der Waals surface area contributed by atoms with Crippen molar-refractivity contribution in [3.05, 3.63) is 95.2 Å². The Morgan fingerprint density at radius 3 is 1.95 bits per heavy atom. The van der Waals surface area contributed by atoms with Crippen LogP contribution in [0, 0.1) is 0 Å². The fraction of sp³-hybridized carbons (Fsp3) is 0.185. The van der Waals surface area contributed by atoms with E-state index in [0.29, 0.717) is 23.3 Å². The number of amides is 1. The van der Waals surface area contributed by atoms with Gasteiger partial charge in [0.2, 0.25) is 5.89 Å². The molecule has 198 valence electrons. The smallest absolute Gasteiger partial charge is 0.416 e. The van der Waals surface area contributed by atoms with Crippen LogP contribution in [0.15, 0.2) is 77.2 Å². The molecule has 4 rings (SSSR count). The lowest BCUT2D eigenvalue weighted by Gasteiger charge is -2.14. The number of hydrogen-bond acceptors (Lipinski definition) is 4. The predicted molar refractivity (Wildman–Crippen MR) is 129 cm³/mol. The number of halogens is 6. The number of rotatable bonds is 6. The second-order valence-corrected chi connectivity index (χ2v) is 8.60. The highest BCUT2D eigenvalue weighted by atomic mass is 19.4. The largest absolute Gasteiger partial charge is 0.435 e. The third-order valence-corrected chi connectivity index (χ3v) is 5.61. The first-order valence-corrected chi connectivity index (χ1v) is 11.2. The molecule has 3 aromatic carbocycles. The number of oxazole rings is 1. The van der Waals surface area contributed by atoms with Gasteiger partial charge in [-0.1, -0.05) is 18.2 Å². The molecule has 0 bridgehead atoms. The van der Waals surface area contributed by atoms with E-state index in [-0.39, 0.29) is 29.0 Å². The van der Waals surface area contributed by atoms with Crippen molar-refractivity contribution in [1.82, 2.24) is 10.3 Å². The molecule has 0 unspecified atom stereocenters. The Morgan fingerprint density at radius 2 is 1.42 bits per heavy atom. The third kappa shape index (κ3) is 5.99. The van der Waals surface area contributed by atoms with Crippen molar-refractivity contribution in [3.63, 3.8) is 0 Å². The van der Waals surface area contributed by atoms with E-state index in [4.69, 9.17) is 4.42 Å². The number of hydrogen-bond donors (Lipinski definition) is 1. The predicted octanol–water partition coefficient (Wildman–Crippen LogP) is 7.04. The molecule has 0 atom stereocenters. The number of aromatic nitrogens is 1. The molecular weight excluding hydrogens is 512 g/mol. The second-order valence-electron chi connectivity index (χ2n) is 8.60. The monoisotopic (exact) mass is 533 g/mol. The number of nitrogens with zero attached hydrogens (tertiary/aromatic N) is 2.